The number of ether oxygens (including phenoxy) is 1. The largest absolute Gasteiger partial charge is 0.444 e. The highest BCUT2D eigenvalue weighted by atomic mass is 32.1. The number of pyridine rings is 1. The average molecular weight is 355 g/mol. The molecule has 1 aliphatic heterocycles. The number of rotatable bonds is 2. The van der Waals surface area contributed by atoms with Gasteiger partial charge in [0.1, 0.15) is 17.4 Å². The summed E-state index contributed by atoms with van der Waals surface area (Å²) in [7, 11) is 0. The van der Waals surface area contributed by atoms with Crippen LogP contribution in [0.2, 0.25) is 0 Å². The predicted octanol–water partition coefficient (Wildman–Crippen LogP) is 4.09. The van der Waals surface area contributed by atoms with E-state index < -0.39 is 5.60 Å². The van der Waals surface area contributed by atoms with Crippen molar-refractivity contribution in [3.05, 3.63) is 51.5 Å². The van der Waals surface area contributed by atoms with E-state index in [-0.39, 0.29) is 12.1 Å². The maximum absolute atomic E-state index is 12.7. The van der Waals surface area contributed by atoms with Gasteiger partial charge in [-0.1, -0.05) is 6.07 Å². The Morgan fingerprint density at radius 2 is 2.24 bits per heavy atom. The van der Waals surface area contributed by atoms with Gasteiger partial charge in [0.25, 0.3) is 0 Å². The van der Waals surface area contributed by atoms with E-state index in [4.69, 9.17) is 10.00 Å². The Bertz CT molecular complexity index is 799. The fourth-order valence-corrected chi connectivity index (χ4v) is 4.03. The lowest BCUT2D eigenvalue weighted by Gasteiger charge is -2.36. The van der Waals surface area contributed by atoms with Gasteiger partial charge in [-0.25, -0.2) is 9.78 Å². The number of carbonyl (C=O) groups is 1. The highest BCUT2D eigenvalue weighted by molar-refractivity contribution is 7.10. The number of amides is 1. The molecule has 1 unspecified atom stereocenters. The van der Waals surface area contributed by atoms with Crippen molar-refractivity contribution in [1.29, 1.82) is 5.26 Å². The van der Waals surface area contributed by atoms with Crippen LogP contribution in [0.25, 0.3) is 0 Å². The molecule has 0 saturated heterocycles. The van der Waals surface area contributed by atoms with Gasteiger partial charge in [0.2, 0.25) is 0 Å². The number of hydrogen-bond acceptors (Lipinski definition) is 5. The normalized spacial score (nSPS) is 16.9. The third-order valence-corrected chi connectivity index (χ3v) is 5.14. The fraction of sp³-hybridized carbons (Fsp3) is 0.421. The molecule has 0 radical (unpaired) electrons. The molecule has 0 fully saturated rings. The van der Waals surface area contributed by atoms with E-state index in [1.165, 1.54) is 10.4 Å². The van der Waals surface area contributed by atoms with Gasteiger partial charge < -0.3 is 4.74 Å². The molecule has 1 amide bonds. The summed E-state index contributed by atoms with van der Waals surface area (Å²) in [5.74, 6) is 0. The zero-order valence-electron chi connectivity index (χ0n) is 14.7. The number of thiophene rings is 1. The SMILES string of the molecule is CC(C)(C)OC(=O)N1CCc2ccsc2C1Cc1ccc(C#N)nc1. The highest BCUT2D eigenvalue weighted by Crippen LogP contribution is 2.37. The topological polar surface area (TPSA) is 66.2 Å². The molecule has 0 N–H and O–H groups in total. The summed E-state index contributed by atoms with van der Waals surface area (Å²) in [6, 6.07) is 7.72. The van der Waals surface area contributed by atoms with E-state index in [0.717, 1.165) is 12.0 Å². The number of hydrogen-bond donors (Lipinski definition) is 0. The van der Waals surface area contributed by atoms with Crippen molar-refractivity contribution in [3.63, 3.8) is 0 Å². The summed E-state index contributed by atoms with van der Waals surface area (Å²) in [5.41, 5.74) is 2.18. The van der Waals surface area contributed by atoms with Crippen molar-refractivity contribution in [2.24, 2.45) is 0 Å². The Hall–Kier alpha value is -2.39. The fourth-order valence-electron chi connectivity index (χ4n) is 2.96. The number of aromatic nitrogens is 1. The van der Waals surface area contributed by atoms with Gasteiger partial charge in [0.15, 0.2) is 0 Å². The Balaban J connectivity index is 1.87. The number of fused-ring (bicyclic) bond motifs is 1. The lowest BCUT2D eigenvalue weighted by atomic mass is 9.96. The summed E-state index contributed by atoms with van der Waals surface area (Å²) >= 11 is 1.68. The van der Waals surface area contributed by atoms with Crippen molar-refractivity contribution in [3.8, 4) is 6.07 Å². The smallest absolute Gasteiger partial charge is 0.410 e. The molecular weight excluding hydrogens is 334 g/mol. The minimum atomic E-state index is -0.520. The molecule has 0 spiro atoms. The molecule has 6 heteroatoms. The molecule has 0 bridgehead atoms. The van der Waals surface area contributed by atoms with Crippen molar-refractivity contribution >= 4 is 17.4 Å². The number of carbonyl (C=O) groups excluding carboxylic acids is 1. The predicted molar refractivity (Wildman–Crippen MR) is 96.4 cm³/mol. The van der Waals surface area contributed by atoms with Gasteiger partial charge in [0.05, 0.1) is 6.04 Å². The van der Waals surface area contributed by atoms with Crippen LogP contribution in [0.15, 0.2) is 29.8 Å². The van der Waals surface area contributed by atoms with E-state index in [0.29, 0.717) is 18.7 Å². The maximum atomic E-state index is 12.7. The minimum absolute atomic E-state index is 0.0617. The Morgan fingerprint density at radius 1 is 1.44 bits per heavy atom. The van der Waals surface area contributed by atoms with Crippen molar-refractivity contribution < 1.29 is 9.53 Å². The van der Waals surface area contributed by atoms with Crippen LogP contribution in [-0.4, -0.2) is 28.1 Å². The molecule has 5 nitrogen and oxygen atoms in total. The quantitative estimate of drug-likeness (QED) is 0.814. The first-order chi connectivity index (χ1) is 11.9. The van der Waals surface area contributed by atoms with Crippen molar-refractivity contribution in [2.45, 2.75) is 45.3 Å². The zero-order valence-corrected chi connectivity index (χ0v) is 15.5. The monoisotopic (exact) mass is 355 g/mol. The molecule has 2 aromatic heterocycles. The summed E-state index contributed by atoms with van der Waals surface area (Å²) < 4.78 is 5.61. The third-order valence-electron chi connectivity index (χ3n) is 4.08. The van der Waals surface area contributed by atoms with E-state index in [9.17, 15) is 4.79 Å². The Morgan fingerprint density at radius 3 is 2.88 bits per heavy atom. The van der Waals surface area contributed by atoms with E-state index in [2.05, 4.69) is 16.4 Å². The van der Waals surface area contributed by atoms with Crippen LogP contribution in [-0.2, 0) is 17.6 Å². The van der Waals surface area contributed by atoms with Crippen LogP contribution in [0, 0.1) is 11.3 Å². The molecular formula is C19H21N3O2S. The van der Waals surface area contributed by atoms with Crippen LogP contribution < -0.4 is 0 Å². The highest BCUT2D eigenvalue weighted by Gasteiger charge is 2.34. The zero-order chi connectivity index (χ0) is 18.0. The Labute approximate surface area is 151 Å². The summed E-state index contributed by atoms with van der Waals surface area (Å²) in [4.78, 5) is 19.9. The maximum Gasteiger partial charge on any atom is 0.410 e. The molecule has 1 aliphatic rings. The lowest BCUT2D eigenvalue weighted by molar-refractivity contribution is 0.0146. The van der Waals surface area contributed by atoms with Crippen LogP contribution >= 0.6 is 11.3 Å². The van der Waals surface area contributed by atoms with Crippen LogP contribution in [0.5, 0.6) is 0 Å². The standard InChI is InChI=1S/C19H21N3O2S/c1-19(2,3)24-18(23)22-8-6-14-7-9-25-17(14)16(22)10-13-4-5-15(11-20)21-12-13/h4-5,7,9,12,16H,6,8,10H2,1-3H3. The number of nitrogens with zero attached hydrogens (tertiary/aromatic N) is 3. The molecule has 0 aliphatic carbocycles. The first kappa shape index (κ1) is 17.4. The minimum Gasteiger partial charge on any atom is -0.444 e. The summed E-state index contributed by atoms with van der Waals surface area (Å²) in [6.45, 7) is 6.29. The van der Waals surface area contributed by atoms with Crippen molar-refractivity contribution in [1.82, 2.24) is 9.88 Å². The molecule has 3 rings (SSSR count). The first-order valence-electron chi connectivity index (χ1n) is 8.28. The molecule has 25 heavy (non-hydrogen) atoms. The van der Waals surface area contributed by atoms with Gasteiger partial charge in [-0.3, -0.25) is 4.90 Å². The molecule has 3 heterocycles. The van der Waals surface area contributed by atoms with Crippen LogP contribution in [0.3, 0.4) is 0 Å². The lowest BCUT2D eigenvalue weighted by Crippen LogP contribution is -2.43. The second-order valence-electron chi connectivity index (χ2n) is 7.12. The van der Waals surface area contributed by atoms with Crippen LogP contribution in [0.1, 0.15) is 48.5 Å². The number of nitriles is 1. The molecule has 1 atom stereocenters. The third kappa shape index (κ3) is 3.99. The summed E-state index contributed by atoms with van der Waals surface area (Å²) in [5, 5.41) is 11.0. The van der Waals surface area contributed by atoms with E-state index >= 15 is 0 Å². The van der Waals surface area contributed by atoms with Gasteiger partial charge in [-0.05, 0) is 62.3 Å². The average Bonchev–Trinajstić information content (AvgIpc) is 3.03. The molecule has 0 aromatic carbocycles. The summed E-state index contributed by atoms with van der Waals surface area (Å²) in [6.07, 6.45) is 2.94. The van der Waals surface area contributed by atoms with Gasteiger partial charge >= 0.3 is 6.09 Å². The second-order valence-corrected chi connectivity index (χ2v) is 8.06. The van der Waals surface area contributed by atoms with Gasteiger partial charge in [0, 0.05) is 17.6 Å². The van der Waals surface area contributed by atoms with E-state index in [1.54, 1.807) is 23.6 Å². The molecule has 130 valence electrons. The second kappa shape index (κ2) is 6.85. The van der Waals surface area contributed by atoms with Gasteiger partial charge in [-0.2, -0.15) is 5.26 Å². The first-order valence-corrected chi connectivity index (χ1v) is 9.16. The van der Waals surface area contributed by atoms with E-state index in [1.807, 2.05) is 37.8 Å². The van der Waals surface area contributed by atoms with Crippen LogP contribution in [0.4, 0.5) is 4.79 Å². The van der Waals surface area contributed by atoms with Crippen molar-refractivity contribution in [2.75, 3.05) is 6.54 Å². The Kier molecular flexibility index (Phi) is 4.78. The molecule has 2 aromatic rings. The van der Waals surface area contributed by atoms with Gasteiger partial charge in [-0.15, -0.1) is 11.3 Å². The molecule has 0 saturated carbocycles.